The van der Waals surface area contributed by atoms with Crippen molar-refractivity contribution in [2.24, 2.45) is 0 Å². The Hall–Kier alpha value is -2.24. The van der Waals surface area contributed by atoms with Crippen LogP contribution >= 0.6 is 11.6 Å². The SMILES string of the molecule is Nc1ccc(C(=O)N2CCN(CCOc3ccc(Cl)cc3)CC2)cc1. The molecule has 1 heterocycles. The molecule has 1 fully saturated rings. The number of halogens is 1. The summed E-state index contributed by atoms with van der Waals surface area (Å²) in [7, 11) is 0. The van der Waals surface area contributed by atoms with Crippen LogP contribution in [0.2, 0.25) is 5.02 Å². The number of rotatable bonds is 5. The summed E-state index contributed by atoms with van der Waals surface area (Å²) < 4.78 is 5.73. The van der Waals surface area contributed by atoms with Gasteiger partial charge in [0.25, 0.3) is 5.91 Å². The van der Waals surface area contributed by atoms with Gasteiger partial charge in [-0.1, -0.05) is 11.6 Å². The third kappa shape index (κ3) is 4.87. The Morgan fingerprint density at radius 3 is 2.28 bits per heavy atom. The zero-order chi connectivity index (χ0) is 17.6. The van der Waals surface area contributed by atoms with E-state index in [1.165, 1.54) is 0 Å². The van der Waals surface area contributed by atoms with Crippen molar-refractivity contribution in [3.05, 3.63) is 59.1 Å². The largest absolute Gasteiger partial charge is 0.492 e. The molecular weight excluding hydrogens is 338 g/mol. The molecule has 2 aromatic rings. The zero-order valence-corrected chi connectivity index (χ0v) is 14.8. The monoisotopic (exact) mass is 359 g/mol. The summed E-state index contributed by atoms with van der Waals surface area (Å²) in [5.41, 5.74) is 7.03. The molecule has 1 aliphatic heterocycles. The van der Waals surface area contributed by atoms with Crippen molar-refractivity contribution in [3.8, 4) is 5.75 Å². The zero-order valence-electron chi connectivity index (χ0n) is 14.0. The highest BCUT2D eigenvalue weighted by molar-refractivity contribution is 6.30. The van der Waals surface area contributed by atoms with Gasteiger partial charge in [0.15, 0.2) is 0 Å². The minimum Gasteiger partial charge on any atom is -0.492 e. The molecule has 0 unspecified atom stereocenters. The second kappa shape index (κ2) is 8.23. The Balaban J connectivity index is 1.41. The number of nitrogen functional groups attached to an aromatic ring is 1. The fourth-order valence-corrected chi connectivity index (χ4v) is 2.93. The van der Waals surface area contributed by atoms with Gasteiger partial charge in [0, 0.05) is 49.0 Å². The summed E-state index contributed by atoms with van der Waals surface area (Å²) in [4.78, 5) is 16.7. The number of hydrogen-bond donors (Lipinski definition) is 1. The second-order valence-corrected chi connectivity index (χ2v) is 6.49. The average molecular weight is 360 g/mol. The van der Waals surface area contributed by atoms with Gasteiger partial charge in [0.2, 0.25) is 0 Å². The highest BCUT2D eigenvalue weighted by atomic mass is 35.5. The average Bonchev–Trinajstić information content (AvgIpc) is 2.64. The van der Waals surface area contributed by atoms with Crippen LogP contribution < -0.4 is 10.5 Å². The highest BCUT2D eigenvalue weighted by Crippen LogP contribution is 2.16. The molecule has 0 aromatic heterocycles. The van der Waals surface area contributed by atoms with E-state index in [-0.39, 0.29) is 5.91 Å². The number of anilines is 1. The third-order valence-electron chi connectivity index (χ3n) is 4.31. The molecule has 3 rings (SSSR count). The Morgan fingerprint density at radius 1 is 1.00 bits per heavy atom. The van der Waals surface area contributed by atoms with Gasteiger partial charge in [-0.2, -0.15) is 0 Å². The molecule has 0 saturated carbocycles. The first-order chi connectivity index (χ1) is 12.1. The van der Waals surface area contributed by atoms with Gasteiger partial charge in [-0.05, 0) is 48.5 Å². The number of carbonyl (C=O) groups is 1. The lowest BCUT2D eigenvalue weighted by atomic mass is 10.1. The van der Waals surface area contributed by atoms with E-state index in [9.17, 15) is 4.79 Å². The lowest BCUT2D eigenvalue weighted by Gasteiger charge is -2.34. The summed E-state index contributed by atoms with van der Waals surface area (Å²) in [6, 6.07) is 14.5. The lowest BCUT2D eigenvalue weighted by Crippen LogP contribution is -2.49. The van der Waals surface area contributed by atoms with Gasteiger partial charge in [0.05, 0.1) is 0 Å². The fraction of sp³-hybridized carbons (Fsp3) is 0.316. The summed E-state index contributed by atoms with van der Waals surface area (Å²) in [5.74, 6) is 0.888. The molecule has 0 atom stereocenters. The van der Waals surface area contributed by atoms with E-state index in [1.807, 2.05) is 29.2 Å². The topological polar surface area (TPSA) is 58.8 Å². The van der Waals surface area contributed by atoms with Crippen LogP contribution in [-0.2, 0) is 0 Å². The van der Waals surface area contributed by atoms with Gasteiger partial charge < -0.3 is 15.4 Å². The van der Waals surface area contributed by atoms with Crippen molar-refractivity contribution in [2.75, 3.05) is 45.1 Å². The van der Waals surface area contributed by atoms with Crippen molar-refractivity contribution in [1.82, 2.24) is 9.80 Å². The van der Waals surface area contributed by atoms with Crippen molar-refractivity contribution < 1.29 is 9.53 Å². The van der Waals surface area contributed by atoms with Crippen LogP contribution in [0.5, 0.6) is 5.75 Å². The molecule has 1 saturated heterocycles. The number of nitrogens with two attached hydrogens (primary N) is 1. The number of benzene rings is 2. The minimum absolute atomic E-state index is 0.0667. The first kappa shape index (κ1) is 17.6. The summed E-state index contributed by atoms with van der Waals surface area (Å²) in [5, 5.41) is 0.703. The smallest absolute Gasteiger partial charge is 0.253 e. The van der Waals surface area contributed by atoms with E-state index < -0.39 is 0 Å². The van der Waals surface area contributed by atoms with Gasteiger partial charge in [-0.15, -0.1) is 0 Å². The van der Waals surface area contributed by atoms with Gasteiger partial charge in [0.1, 0.15) is 12.4 Å². The maximum Gasteiger partial charge on any atom is 0.253 e. The molecule has 132 valence electrons. The van der Waals surface area contributed by atoms with Crippen LogP contribution in [-0.4, -0.2) is 55.0 Å². The first-order valence-electron chi connectivity index (χ1n) is 8.37. The third-order valence-corrected chi connectivity index (χ3v) is 4.56. The standard InChI is InChI=1S/C19H22ClN3O2/c20-16-3-7-18(8-4-16)25-14-13-22-9-11-23(12-10-22)19(24)15-1-5-17(21)6-2-15/h1-8H,9-14,21H2. The van der Waals surface area contributed by atoms with Crippen molar-refractivity contribution >= 4 is 23.2 Å². The molecule has 0 radical (unpaired) electrons. The molecule has 0 bridgehead atoms. The van der Waals surface area contributed by atoms with Gasteiger partial charge in [-0.25, -0.2) is 0 Å². The molecule has 1 amide bonds. The molecule has 1 aliphatic rings. The normalized spacial score (nSPS) is 15.2. The number of amides is 1. The fourth-order valence-electron chi connectivity index (χ4n) is 2.81. The van der Waals surface area contributed by atoms with Crippen LogP contribution in [0.15, 0.2) is 48.5 Å². The Kier molecular flexibility index (Phi) is 5.79. The Morgan fingerprint density at radius 2 is 1.64 bits per heavy atom. The van der Waals surface area contributed by atoms with Crippen LogP contribution in [0, 0.1) is 0 Å². The van der Waals surface area contributed by atoms with Crippen LogP contribution in [0.4, 0.5) is 5.69 Å². The van der Waals surface area contributed by atoms with Crippen LogP contribution in [0.3, 0.4) is 0 Å². The van der Waals surface area contributed by atoms with Crippen molar-refractivity contribution in [3.63, 3.8) is 0 Å². The van der Waals surface area contributed by atoms with Crippen molar-refractivity contribution in [1.29, 1.82) is 0 Å². The summed E-state index contributed by atoms with van der Waals surface area (Å²) in [6.07, 6.45) is 0. The first-order valence-corrected chi connectivity index (χ1v) is 8.75. The molecule has 2 aromatic carbocycles. The number of ether oxygens (including phenoxy) is 1. The molecule has 5 nitrogen and oxygen atoms in total. The molecule has 6 heteroatoms. The van der Waals surface area contributed by atoms with E-state index in [1.54, 1.807) is 24.3 Å². The number of hydrogen-bond acceptors (Lipinski definition) is 4. The predicted molar refractivity (Wildman–Crippen MR) is 100 cm³/mol. The highest BCUT2D eigenvalue weighted by Gasteiger charge is 2.21. The summed E-state index contributed by atoms with van der Waals surface area (Å²) >= 11 is 5.86. The predicted octanol–water partition coefficient (Wildman–Crippen LogP) is 2.76. The number of carbonyl (C=O) groups excluding carboxylic acids is 1. The molecule has 25 heavy (non-hydrogen) atoms. The van der Waals surface area contributed by atoms with Gasteiger partial charge in [-0.3, -0.25) is 9.69 Å². The van der Waals surface area contributed by atoms with E-state index in [2.05, 4.69) is 4.90 Å². The van der Waals surface area contributed by atoms with Crippen LogP contribution in [0.25, 0.3) is 0 Å². The van der Waals surface area contributed by atoms with E-state index in [0.717, 1.165) is 38.5 Å². The van der Waals surface area contributed by atoms with Crippen LogP contribution in [0.1, 0.15) is 10.4 Å². The molecule has 2 N–H and O–H groups in total. The maximum absolute atomic E-state index is 12.5. The van der Waals surface area contributed by atoms with Gasteiger partial charge >= 0.3 is 0 Å². The second-order valence-electron chi connectivity index (χ2n) is 6.06. The number of piperazine rings is 1. The molecule has 0 aliphatic carbocycles. The quantitative estimate of drug-likeness (QED) is 0.834. The maximum atomic E-state index is 12.5. The summed E-state index contributed by atoms with van der Waals surface area (Å²) in [6.45, 7) is 4.61. The Labute approximate surface area is 152 Å². The number of nitrogens with zero attached hydrogens (tertiary/aromatic N) is 2. The minimum atomic E-state index is 0.0667. The van der Waals surface area contributed by atoms with E-state index in [4.69, 9.17) is 22.1 Å². The molecule has 0 spiro atoms. The van der Waals surface area contributed by atoms with E-state index >= 15 is 0 Å². The Bertz CT molecular complexity index is 696. The molecular formula is C19H22ClN3O2. The van der Waals surface area contributed by atoms with E-state index in [0.29, 0.717) is 22.9 Å². The lowest BCUT2D eigenvalue weighted by molar-refractivity contribution is 0.0620. The van der Waals surface area contributed by atoms with Crippen molar-refractivity contribution in [2.45, 2.75) is 0 Å².